The van der Waals surface area contributed by atoms with E-state index in [-0.39, 0.29) is 0 Å². The van der Waals surface area contributed by atoms with E-state index < -0.39 is 0 Å². The zero-order valence-corrected chi connectivity index (χ0v) is 17.9. The maximum absolute atomic E-state index is 9.16. The number of nitrogens with zero attached hydrogens (tertiary/aromatic N) is 2. The van der Waals surface area contributed by atoms with E-state index in [4.69, 9.17) is 5.26 Å². The van der Waals surface area contributed by atoms with Crippen LogP contribution in [0.25, 0.3) is 49.7 Å². The molecule has 0 bridgehead atoms. The largest absolute Gasteiger partial charge is 0.309 e. The molecular formula is C31H20N2. The molecule has 0 spiro atoms. The fraction of sp³-hybridized carbons (Fsp3) is 0. The van der Waals surface area contributed by atoms with Gasteiger partial charge in [0.2, 0.25) is 0 Å². The lowest BCUT2D eigenvalue weighted by atomic mass is 9.93. The van der Waals surface area contributed by atoms with Gasteiger partial charge in [0, 0.05) is 16.5 Å². The minimum Gasteiger partial charge on any atom is -0.309 e. The first-order valence-electron chi connectivity index (χ1n) is 11.0. The summed E-state index contributed by atoms with van der Waals surface area (Å²) in [5.41, 5.74) is 8.82. The van der Waals surface area contributed by atoms with Crippen LogP contribution in [0, 0.1) is 11.3 Å². The summed E-state index contributed by atoms with van der Waals surface area (Å²) >= 11 is 0. The van der Waals surface area contributed by atoms with Gasteiger partial charge in [-0.3, -0.25) is 0 Å². The molecule has 5 aromatic carbocycles. The molecule has 0 aliphatic heterocycles. The fourth-order valence-corrected chi connectivity index (χ4v) is 4.70. The first-order chi connectivity index (χ1) is 16.3. The van der Waals surface area contributed by atoms with E-state index >= 15 is 0 Å². The summed E-state index contributed by atoms with van der Waals surface area (Å²) in [5, 5.41) is 11.7. The van der Waals surface area contributed by atoms with Crippen molar-refractivity contribution in [1.82, 2.24) is 4.57 Å². The van der Waals surface area contributed by atoms with Crippen LogP contribution in [0.5, 0.6) is 0 Å². The topological polar surface area (TPSA) is 28.7 Å². The van der Waals surface area contributed by atoms with Crippen molar-refractivity contribution < 1.29 is 0 Å². The Kier molecular flexibility index (Phi) is 4.53. The van der Waals surface area contributed by atoms with Crippen LogP contribution in [0.4, 0.5) is 0 Å². The van der Waals surface area contributed by atoms with Crippen LogP contribution in [-0.2, 0) is 0 Å². The molecule has 0 atom stereocenters. The van der Waals surface area contributed by atoms with Crippen molar-refractivity contribution in [2.75, 3.05) is 0 Å². The standard InChI is InChI=1S/C31H20N2/c32-21-22-14-16-23(17-15-22)26-10-4-5-11-27(26)24-18-19-29-28-12-6-7-13-30(28)33(31(29)20-24)25-8-2-1-3-9-25/h1-20H. The number of fused-ring (bicyclic) bond motifs is 3. The van der Waals surface area contributed by atoms with Crippen LogP contribution in [0.1, 0.15) is 5.56 Å². The van der Waals surface area contributed by atoms with Gasteiger partial charge in [-0.05, 0) is 58.7 Å². The molecule has 154 valence electrons. The normalized spacial score (nSPS) is 11.0. The summed E-state index contributed by atoms with van der Waals surface area (Å²) in [6.07, 6.45) is 0. The number of nitriles is 1. The van der Waals surface area contributed by atoms with Crippen LogP contribution in [0.3, 0.4) is 0 Å². The van der Waals surface area contributed by atoms with Gasteiger partial charge in [-0.1, -0.05) is 84.9 Å². The fourth-order valence-electron chi connectivity index (χ4n) is 4.70. The Labute approximate surface area is 192 Å². The molecule has 0 unspecified atom stereocenters. The third-order valence-electron chi connectivity index (χ3n) is 6.25. The smallest absolute Gasteiger partial charge is 0.0991 e. The third kappa shape index (κ3) is 3.19. The zero-order chi connectivity index (χ0) is 22.2. The van der Waals surface area contributed by atoms with Gasteiger partial charge in [-0.25, -0.2) is 0 Å². The number of hydrogen-bond acceptors (Lipinski definition) is 1. The Morgan fingerprint density at radius 2 is 1.12 bits per heavy atom. The van der Waals surface area contributed by atoms with E-state index in [1.807, 2.05) is 24.3 Å². The maximum atomic E-state index is 9.16. The van der Waals surface area contributed by atoms with Gasteiger partial charge in [0.15, 0.2) is 0 Å². The second-order valence-electron chi connectivity index (χ2n) is 8.15. The number of benzene rings is 5. The van der Waals surface area contributed by atoms with Crippen LogP contribution >= 0.6 is 0 Å². The Morgan fingerprint density at radius 1 is 0.515 bits per heavy atom. The quantitative estimate of drug-likeness (QED) is 0.285. The van der Waals surface area contributed by atoms with E-state index in [9.17, 15) is 0 Å². The molecule has 2 heteroatoms. The number of rotatable bonds is 3. The molecule has 0 saturated heterocycles. The molecule has 6 rings (SSSR count). The Bertz CT molecular complexity index is 1650. The molecule has 0 fully saturated rings. The lowest BCUT2D eigenvalue weighted by Gasteiger charge is -2.12. The van der Waals surface area contributed by atoms with E-state index in [1.54, 1.807) is 0 Å². The first-order valence-corrected chi connectivity index (χ1v) is 11.0. The number of hydrogen-bond donors (Lipinski definition) is 0. The first kappa shape index (κ1) is 19.1. The average molecular weight is 421 g/mol. The lowest BCUT2D eigenvalue weighted by molar-refractivity contribution is 1.18. The van der Waals surface area contributed by atoms with E-state index in [2.05, 4.69) is 108 Å². The Balaban J connectivity index is 1.60. The molecule has 0 N–H and O–H groups in total. The molecule has 1 heterocycles. The van der Waals surface area contributed by atoms with Crippen LogP contribution in [0.15, 0.2) is 121 Å². The summed E-state index contributed by atoms with van der Waals surface area (Å²) in [6, 6.07) is 44.3. The number of aromatic nitrogens is 1. The molecule has 0 radical (unpaired) electrons. The van der Waals surface area contributed by atoms with Gasteiger partial charge < -0.3 is 4.57 Å². The molecule has 2 nitrogen and oxygen atoms in total. The summed E-state index contributed by atoms with van der Waals surface area (Å²) in [4.78, 5) is 0. The average Bonchev–Trinajstić information content (AvgIpc) is 3.23. The predicted molar refractivity (Wildman–Crippen MR) is 136 cm³/mol. The van der Waals surface area contributed by atoms with E-state index in [0.717, 1.165) is 16.8 Å². The van der Waals surface area contributed by atoms with Crippen LogP contribution < -0.4 is 0 Å². The van der Waals surface area contributed by atoms with Crippen LogP contribution in [0.2, 0.25) is 0 Å². The molecule has 0 aliphatic carbocycles. The minimum atomic E-state index is 0.671. The van der Waals surface area contributed by atoms with Crippen molar-refractivity contribution >= 4 is 21.8 Å². The zero-order valence-electron chi connectivity index (χ0n) is 17.9. The van der Waals surface area contributed by atoms with Crippen molar-refractivity contribution in [3.8, 4) is 34.0 Å². The number of para-hydroxylation sites is 2. The minimum absolute atomic E-state index is 0.671. The lowest BCUT2D eigenvalue weighted by Crippen LogP contribution is -1.93. The van der Waals surface area contributed by atoms with Gasteiger partial charge in [0.25, 0.3) is 0 Å². The summed E-state index contributed by atoms with van der Waals surface area (Å²) in [6.45, 7) is 0. The van der Waals surface area contributed by atoms with Crippen molar-refractivity contribution in [2.24, 2.45) is 0 Å². The van der Waals surface area contributed by atoms with E-state index in [1.165, 1.54) is 32.9 Å². The van der Waals surface area contributed by atoms with Crippen molar-refractivity contribution in [2.45, 2.75) is 0 Å². The second kappa shape index (κ2) is 7.82. The molecule has 0 saturated carbocycles. The third-order valence-corrected chi connectivity index (χ3v) is 6.25. The molecule has 0 aliphatic rings. The van der Waals surface area contributed by atoms with E-state index in [0.29, 0.717) is 5.56 Å². The predicted octanol–water partition coefficient (Wildman–Crippen LogP) is 7.99. The van der Waals surface area contributed by atoms with Gasteiger partial charge >= 0.3 is 0 Å². The highest BCUT2D eigenvalue weighted by atomic mass is 15.0. The molecule has 33 heavy (non-hydrogen) atoms. The highest BCUT2D eigenvalue weighted by Gasteiger charge is 2.14. The Hall–Kier alpha value is -4.61. The molecule has 0 amide bonds. The maximum Gasteiger partial charge on any atom is 0.0991 e. The van der Waals surface area contributed by atoms with Crippen LogP contribution in [-0.4, -0.2) is 4.57 Å². The van der Waals surface area contributed by atoms with Gasteiger partial charge in [-0.2, -0.15) is 5.26 Å². The van der Waals surface area contributed by atoms with Gasteiger partial charge in [-0.15, -0.1) is 0 Å². The summed E-state index contributed by atoms with van der Waals surface area (Å²) < 4.78 is 2.35. The summed E-state index contributed by atoms with van der Waals surface area (Å²) in [7, 11) is 0. The van der Waals surface area contributed by atoms with Gasteiger partial charge in [0.1, 0.15) is 0 Å². The van der Waals surface area contributed by atoms with Crippen molar-refractivity contribution in [3.05, 3.63) is 127 Å². The highest BCUT2D eigenvalue weighted by molar-refractivity contribution is 6.10. The molecular weight excluding hydrogens is 400 g/mol. The van der Waals surface area contributed by atoms with Crippen molar-refractivity contribution in [1.29, 1.82) is 5.26 Å². The highest BCUT2D eigenvalue weighted by Crippen LogP contribution is 2.37. The second-order valence-corrected chi connectivity index (χ2v) is 8.15. The molecule has 6 aromatic rings. The van der Waals surface area contributed by atoms with Crippen molar-refractivity contribution in [3.63, 3.8) is 0 Å². The summed E-state index contributed by atoms with van der Waals surface area (Å²) in [5.74, 6) is 0. The monoisotopic (exact) mass is 420 g/mol. The molecule has 1 aromatic heterocycles. The SMILES string of the molecule is N#Cc1ccc(-c2ccccc2-c2ccc3c4ccccc4n(-c4ccccc4)c3c2)cc1. The van der Waals surface area contributed by atoms with Gasteiger partial charge in [0.05, 0.1) is 22.7 Å². The Morgan fingerprint density at radius 3 is 1.88 bits per heavy atom.